The molecule has 0 saturated heterocycles. The average Bonchev–Trinajstić information content (AvgIpc) is 3.22. The molecule has 1 aromatic carbocycles. The summed E-state index contributed by atoms with van der Waals surface area (Å²) in [4.78, 5) is 5.78. The summed E-state index contributed by atoms with van der Waals surface area (Å²) in [5.41, 5.74) is 3.84. The quantitative estimate of drug-likeness (QED) is 0.610. The molecule has 3 aromatic rings. The molecule has 3 nitrogen and oxygen atoms in total. The lowest BCUT2D eigenvalue weighted by molar-refractivity contribution is 0.557. The summed E-state index contributed by atoms with van der Waals surface area (Å²) in [5, 5.41) is 10.1. The van der Waals surface area contributed by atoms with Gasteiger partial charge in [0.1, 0.15) is 16.8 Å². The zero-order chi connectivity index (χ0) is 16.2. The van der Waals surface area contributed by atoms with Crippen LogP contribution in [0.15, 0.2) is 47.1 Å². The van der Waals surface area contributed by atoms with E-state index >= 15 is 0 Å². The van der Waals surface area contributed by atoms with E-state index in [4.69, 9.17) is 4.42 Å². The van der Waals surface area contributed by atoms with Crippen LogP contribution in [0, 0.1) is 18.3 Å². The van der Waals surface area contributed by atoms with Crippen molar-refractivity contribution < 1.29 is 4.42 Å². The van der Waals surface area contributed by atoms with E-state index in [1.54, 1.807) is 18.4 Å². The maximum atomic E-state index is 9.42. The number of hydrogen-bond donors (Lipinski definition) is 0. The molecule has 114 valence electrons. The Morgan fingerprint density at radius 3 is 2.70 bits per heavy atom. The van der Waals surface area contributed by atoms with E-state index in [1.807, 2.05) is 13.0 Å². The third kappa shape index (κ3) is 3.25. The second kappa shape index (κ2) is 6.64. The highest BCUT2D eigenvalue weighted by Gasteiger charge is 2.13. The minimum Gasteiger partial charge on any atom is -0.465 e. The molecule has 2 heterocycles. The first-order valence-corrected chi connectivity index (χ1v) is 8.25. The summed E-state index contributed by atoms with van der Waals surface area (Å²) in [7, 11) is 0. The lowest BCUT2D eigenvalue weighted by Crippen LogP contribution is -1.85. The summed E-state index contributed by atoms with van der Waals surface area (Å²) in [5.74, 6) is 0.656. The predicted molar refractivity (Wildman–Crippen MR) is 93.9 cm³/mol. The number of thiazole rings is 1. The maximum Gasteiger partial charge on any atom is 0.135 e. The van der Waals surface area contributed by atoms with Crippen LogP contribution in [-0.2, 0) is 6.42 Å². The van der Waals surface area contributed by atoms with Gasteiger partial charge in [-0.3, -0.25) is 0 Å². The van der Waals surface area contributed by atoms with Crippen molar-refractivity contribution >= 4 is 23.0 Å². The van der Waals surface area contributed by atoms with Gasteiger partial charge in [0, 0.05) is 16.5 Å². The van der Waals surface area contributed by atoms with Gasteiger partial charge in [0.05, 0.1) is 17.5 Å². The smallest absolute Gasteiger partial charge is 0.135 e. The first-order chi connectivity index (χ1) is 11.2. The van der Waals surface area contributed by atoms with Crippen molar-refractivity contribution in [2.75, 3.05) is 0 Å². The van der Waals surface area contributed by atoms with E-state index in [1.165, 1.54) is 16.9 Å². The molecule has 4 heteroatoms. The fourth-order valence-corrected chi connectivity index (χ4v) is 3.24. The van der Waals surface area contributed by atoms with Gasteiger partial charge in [-0.25, -0.2) is 4.98 Å². The first-order valence-electron chi connectivity index (χ1n) is 7.43. The molecule has 0 atom stereocenters. The van der Waals surface area contributed by atoms with Gasteiger partial charge < -0.3 is 4.42 Å². The number of nitrogens with zero attached hydrogens (tertiary/aromatic N) is 2. The highest BCUT2D eigenvalue weighted by atomic mass is 32.1. The molecule has 0 N–H and O–H groups in total. The third-order valence-electron chi connectivity index (χ3n) is 3.61. The number of allylic oxidation sites excluding steroid dienone is 1. The first kappa shape index (κ1) is 15.3. The average molecular weight is 320 g/mol. The van der Waals surface area contributed by atoms with E-state index in [-0.39, 0.29) is 0 Å². The monoisotopic (exact) mass is 320 g/mol. The molecule has 0 spiro atoms. The fraction of sp³-hybridized carbons (Fsp3) is 0.158. The van der Waals surface area contributed by atoms with Gasteiger partial charge in [-0.2, -0.15) is 5.26 Å². The minimum atomic E-state index is 0.518. The van der Waals surface area contributed by atoms with Crippen molar-refractivity contribution in [3.05, 3.63) is 63.9 Å². The number of aromatic nitrogens is 1. The van der Waals surface area contributed by atoms with Gasteiger partial charge in [-0.1, -0.05) is 31.2 Å². The number of nitriles is 1. The Labute approximate surface area is 139 Å². The summed E-state index contributed by atoms with van der Waals surface area (Å²) in [6.45, 7) is 4.17. The number of hydrogen-bond acceptors (Lipinski definition) is 4. The van der Waals surface area contributed by atoms with E-state index in [0.29, 0.717) is 11.3 Å². The molecule has 23 heavy (non-hydrogen) atoms. The van der Waals surface area contributed by atoms with E-state index in [9.17, 15) is 5.26 Å². The minimum absolute atomic E-state index is 0.518. The topological polar surface area (TPSA) is 49.8 Å². The molecule has 0 saturated carbocycles. The predicted octanol–water partition coefficient (Wildman–Crippen LogP) is 5.34. The van der Waals surface area contributed by atoms with Gasteiger partial charge in [0.2, 0.25) is 0 Å². The van der Waals surface area contributed by atoms with Crippen molar-refractivity contribution in [3.8, 4) is 17.3 Å². The van der Waals surface area contributed by atoms with Crippen LogP contribution >= 0.6 is 11.3 Å². The van der Waals surface area contributed by atoms with Crippen LogP contribution < -0.4 is 0 Å². The molecule has 3 rings (SSSR count). The Morgan fingerprint density at radius 2 is 2.09 bits per heavy atom. The van der Waals surface area contributed by atoms with Gasteiger partial charge >= 0.3 is 0 Å². The third-order valence-corrected chi connectivity index (χ3v) is 4.62. The molecular weight excluding hydrogens is 304 g/mol. The Kier molecular flexibility index (Phi) is 4.40. The fourth-order valence-electron chi connectivity index (χ4n) is 2.34. The summed E-state index contributed by atoms with van der Waals surface area (Å²) in [6, 6.07) is 14.3. The normalized spacial score (nSPS) is 11.4. The van der Waals surface area contributed by atoms with Crippen molar-refractivity contribution in [1.29, 1.82) is 5.26 Å². The number of benzene rings is 1. The van der Waals surface area contributed by atoms with E-state index in [0.717, 1.165) is 27.6 Å². The molecule has 0 unspecified atom stereocenters. The largest absolute Gasteiger partial charge is 0.465 e. The lowest BCUT2D eigenvalue weighted by atomic mass is 10.1. The van der Waals surface area contributed by atoms with Crippen LogP contribution in [-0.4, -0.2) is 4.98 Å². The van der Waals surface area contributed by atoms with Gasteiger partial charge in [-0.15, -0.1) is 11.3 Å². The van der Waals surface area contributed by atoms with Crippen LogP contribution in [0.4, 0.5) is 0 Å². The molecule has 0 radical (unpaired) electrons. The number of rotatable bonds is 4. The molecule has 0 fully saturated rings. The summed E-state index contributed by atoms with van der Waals surface area (Å²) < 4.78 is 5.28. The molecular formula is C19H16N2OS. The van der Waals surface area contributed by atoms with Crippen LogP contribution in [0.5, 0.6) is 0 Å². The molecule has 2 aromatic heterocycles. The van der Waals surface area contributed by atoms with E-state index < -0.39 is 0 Å². The second-order valence-electron chi connectivity index (χ2n) is 5.16. The van der Waals surface area contributed by atoms with Crippen molar-refractivity contribution in [2.45, 2.75) is 20.3 Å². The Hall–Kier alpha value is -2.64. The standard InChI is InChI=1S/C19H16N2OS/c1-3-14-6-8-15(9-7-14)18-13(2)23-19(21-18)16(12-20)11-17-5-4-10-22-17/h4-11H,3H2,1-2H3/b16-11+. The SMILES string of the molecule is CCc1ccc(-c2nc(/C(C#N)=C/c3ccco3)sc2C)cc1. The molecule has 0 aliphatic carbocycles. The second-order valence-corrected chi connectivity index (χ2v) is 6.36. The van der Waals surface area contributed by atoms with Crippen molar-refractivity contribution in [1.82, 2.24) is 4.98 Å². The number of aryl methyl sites for hydroxylation is 2. The molecule has 0 aliphatic rings. The van der Waals surface area contributed by atoms with Crippen LogP contribution in [0.1, 0.15) is 28.1 Å². The summed E-state index contributed by atoms with van der Waals surface area (Å²) in [6.07, 6.45) is 4.34. The van der Waals surface area contributed by atoms with E-state index in [2.05, 4.69) is 42.2 Å². The maximum absolute atomic E-state index is 9.42. The van der Waals surface area contributed by atoms with Gasteiger partial charge in [0.15, 0.2) is 0 Å². The molecule has 0 aliphatic heterocycles. The van der Waals surface area contributed by atoms with Crippen LogP contribution in [0.3, 0.4) is 0 Å². The van der Waals surface area contributed by atoms with Crippen molar-refractivity contribution in [3.63, 3.8) is 0 Å². The zero-order valence-electron chi connectivity index (χ0n) is 13.0. The molecule has 0 bridgehead atoms. The Bertz CT molecular complexity index is 865. The number of furan rings is 1. The van der Waals surface area contributed by atoms with Crippen molar-refractivity contribution in [2.24, 2.45) is 0 Å². The Balaban J connectivity index is 1.98. The van der Waals surface area contributed by atoms with Gasteiger partial charge in [-0.05, 0) is 31.0 Å². The highest BCUT2D eigenvalue weighted by Crippen LogP contribution is 2.31. The van der Waals surface area contributed by atoms with Crippen LogP contribution in [0.2, 0.25) is 0 Å². The Morgan fingerprint density at radius 1 is 1.30 bits per heavy atom. The lowest BCUT2D eigenvalue weighted by Gasteiger charge is -2.00. The summed E-state index contributed by atoms with van der Waals surface area (Å²) >= 11 is 1.53. The zero-order valence-corrected chi connectivity index (χ0v) is 13.9. The van der Waals surface area contributed by atoms with Gasteiger partial charge in [0.25, 0.3) is 0 Å². The molecule has 0 amide bonds. The van der Waals surface area contributed by atoms with Crippen LogP contribution in [0.25, 0.3) is 22.9 Å². The highest BCUT2D eigenvalue weighted by molar-refractivity contribution is 7.13.